The number of aliphatic imine (C=N–C) groups is 1. The topological polar surface area (TPSA) is 121 Å². The molecule has 0 radical (unpaired) electrons. The second kappa shape index (κ2) is 10.6. The van der Waals surface area contributed by atoms with Gasteiger partial charge in [-0.2, -0.15) is 0 Å². The van der Waals surface area contributed by atoms with E-state index in [4.69, 9.17) is 9.47 Å². The first-order chi connectivity index (χ1) is 17.7. The van der Waals surface area contributed by atoms with Gasteiger partial charge in [-0.25, -0.2) is 13.8 Å². The van der Waals surface area contributed by atoms with E-state index < -0.39 is 29.4 Å². The number of aromatic nitrogens is 4. The summed E-state index contributed by atoms with van der Waals surface area (Å²) < 4.78 is 39.0. The van der Waals surface area contributed by atoms with Crippen molar-refractivity contribution in [2.24, 2.45) is 10.9 Å². The van der Waals surface area contributed by atoms with E-state index in [2.05, 4.69) is 25.5 Å². The van der Waals surface area contributed by atoms with Crippen molar-refractivity contribution in [3.8, 4) is 5.75 Å². The third-order valence-corrected chi connectivity index (χ3v) is 6.72. The average Bonchev–Trinajstić information content (AvgIpc) is 3.30. The Morgan fingerprint density at radius 2 is 2.08 bits per heavy atom. The minimum atomic E-state index is -2.85. The molecule has 4 heterocycles. The zero-order valence-electron chi connectivity index (χ0n) is 20.4. The molecule has 2 atom stereocenters. The minimum absolute atomic E-state index is 0.199. The van der Waals surface area contributed by atoms with Crippen molar-refractivity contribution in [3.05, 3.63) is 68.9 Å². The maximum Gasteiger partial charge on any atom is 0.280 e. The number of alkyl halides is 2. The minimum Gasteiger partial charge on any atom is -0.495 e. The normalized spacial score (nSPS) is 19.1. The van der Waals surface area contributed by atoms with Crippen molar-refractivity contribution >= 4 is 34.4 Å². The van der Waals surface area contributed by atoms with Gasteiger partial charge in [-0.3, -0.25) is 24.5 Å². The average molecular weight is 531 g/mol. The SMILES string of the molecule is COCc1nnc(NC(=O)C2C=NC(n3ccc(C)cc3=O)=CC2(C)c2cc(C(F)F)ncc2OC)s1. The first-order valence-corrected chi connectivity index (χ1v) is 11.9. The Hall–Kier alpha value is -3.84. The lowest BCUT2D eigenvalue weighted by Crippen LogP contribution is -2.42. The zero-order chi connectivity index (χ0) is 26.7. The van der Waals surface area contributed by atoms with Crippen LogP contribution in [0.5, 0.6) is 5.75 Å². The second-order valence-corrected chi connectivity index (χ2v) is 9.55. The number of aryl methyl sites for hydroxylation is 1. The number of methoxy groups -OCH3 is 2. The fourth-order valence-corrected chi connectivity index (χ4v) is 4.73. The standard InChI is InChI=1S/C24H24F2N6O4S/c1-13-5-6-32(20(33)7-13)18-9-24(2,14-8-16(21(25)26)27-11-17(14)36-4)15(10-28-18)22(34)29-23-31-30-19(37-23)12-35-3/h5-11,15,21H,12H2,1-4H3,(H,29,31,34). The van der Waals surface area contributed by atoms with Crippen molar-refractivity contribution in [1.82, 2.24) is 19.7 Å². The number of ether oxygens (including phenoxy) is 2. The summed E-state index contributed by atoms with van der Waals surface area (Å²) in [6.45, 7) is 3.71. The number of carbonyl (C=O) groups is 1. The Morgan fingerprint density at radius 1 is 1.30 bits per heavy atom. The van der Waals surface area contributed by atoms with Gasteiger partial charge in [0.25, 0.3) is 12.0 Å². The van der Waals surface area contributed by atoms with Crippen LogP contribution in [0.2, 0.25) is 0 Å². The highest BCUT2D eigenvalue weighted by Crippen LogP contribution is 2.43. The first-order valence-electron chi connectivity index (χ1n) is 11.1. The largest absolute Gasteiger partial charge is 0.495 e. The summed E-state index contributed by atoms with van der Waals surface area (Å²) in [5.41, 5.74) is -1.04. The lowest BCUT2D eigenvalue weighted by Gasteiger charge is -2.36. The molecular weight excluding hydrogens is 506 g/mol. The smallest absolute Gasteiger partial charge is 0.280 e. The summed E-state index contributed by atoms with van der Waals surface area (Å²) in [5, 5.41) is 11.4. The predicted molar refractivity (Wildman–Crippen MR) is 134 cm³/mol. The van der Waals surface area contributed by atoms with Crippen molar-refractivity contribution in [2.45, 2.75) is 32.3 Å². The highest BCUT2D eigenvalue weighted by atomic mass is 32.1. The molecule has 1 amide bonds. The van der Waals surface area contributed by atoms with Crippen molar-refractivity contribution < 1.29 is 23.0 Å². The quantitative estimate of drug-likeness (QED) is 0.473. The Labute approximate surface area is 214 Å². The molecule has 0 fully saturated rings. The van der Waals surface area contributed by atoms with Gasteiger partial charge in [0, 0.05) is 36.6 Å². The summed E-state index contributed by atoms with van der Waals surface area (Å²) in [6, 6.07) is 4.39. The molecule has 1 aliphatic rings. The zero-order valence-corrected chi connectivity index (χ0v) is 21.3. The van der Waals surface area contributed by atoms with Gasteiger partial charge < -0.3 is 9.47 Å². The number of amides is 1. The third-order valence-electron chi connectivity index (χ3n) is 5.91. The van der Waals surface area contributed by atoms with Crippen LogP contribution in [0.25, 0.3) is 5.82 Å². The van der Waals surface area contributed by atoms with Crippen LogP contribution < -0.4 is 15.6 Å². The van der Waals surface area contributed by atoms with Gasteiger partial charge in [0.2, 0.25) is 11.0 Å². The van der Waals surface area contributed by atoms with Gasteiger partial charge in [-0.1, -0.05) is 18.3 Å². The van der Waals surface area contributed by atoms with Crippen molar-refractivity contribution in [2.75, 3.05) is 19.5 Å². The molecule has 3 aromatic heterocycles. The van der Waals surface area contributed by atoms with Gasteiger partial charge in [-0.15, -0.1) is 10.2 Å². The van der Waals surface area contributed by atoms with Crippen LogP contribution in [0, 0.1) is 12.8 Å². The van der Waals surface area contributed by atoms with Gasteiger partial charge in [0.1, 0.15) is 28.9 Å². The number of anilines is 1. The van der Waals surface area contributed by atoms with Gasteiger partial charge in [0.15, 0.2) is 0 Å². The Bertz CT molecular complexity index is 1440. The van der Waals surface area contributed by atoms with Crippen LogP contribution in [0.15, 0.2) is 46.5 Å². The number of nitrogens with zero attached hydrogens (tertiary/aromatic N) is 5. The third kappa shape index (κ3) is 5.32. The number of halogens is 2. The van der Waals surface area contributed by atoms with E-state index in [-0.39, 0.29) is 34.4 Å². The van der Waals surface area contributed by atoms with Crippen molar-refractivity contribution in [1.29, 1.82) is 0 Å². The number of carbonyl (C=O) groups excluding carboxylic acids is 1. The lowest BCUT2D eigenvalue weighted by molar-refractivity contribution is -0.119. The van der Waals surface area contributed by atoms with E-state index in [0.29, 0.717) is 5.01 Å². The maximum atomic E-state index is 13.6. The fraction of sp³-hybridized carbons (Fsp3) is 0.333. The Balaban J connectivity index is 1.83. The van der Waals surface area contributed by atoms with Crippen LogP contribution >= 0.6 is 11.3 Å². The van der Waals surface area contributed by atoms with Crippen molar-refractivity contribution in [3.63, 3.8) is 0 Å². The van der Waals surface area contributed by atoms with Crippen LogP contribution in [0.1, 0.15) is 35.2 Å². The molecule has 0 saturated heterocycles. The van der Waals surface area contributed by atoms with E-state index in [1.807, 2.05) is 0 Å². The number of nitrogens with one attached hydrogen (secondary N) is 1. The molecule has 37 heavy (non-hydrogen) atoms. The predicted octanol–water partition coefficient (Wildman–Crippen LogP) is 3.59. The fourth-order valence-electron chi connectivity index (χ4n) is 4.02. The lowest BCUT2D eigenvalue weighted by atomic mass is 9.70. The van der Waals surface area contributed by atoms with Gasteiger partial charge in [0.05, 0.1) is 19.2 Å². The van der Waals surface area contributed by atoms with E-state index in [0.717, 1.165) is 16.9 Å². The highest BCUT2D eigenvalue weighted by molar-refractivity contribution is 7.15. The number of allylic oxidation sites excluding steroid dienone is 1. The molecule has 13 heteroatoms. The van der Waals surface area contributed by atoms with Gasteiger partial charge in [-0.05, 0) is 30.7 Å². The van der Waals surface area contributed by atoms with E-state index in [1.54, 1.807) is 32.2 Å². The molecule has 10 nitrogen and oxygen atoms in total. The molecule has 2 unspecified atom stereocenters. The van der Waals surface area contributed by atoms with E-state index in [1.165, 1.54) is 43.3 Å². The van der Waals surface area contributed by atoms with E-state index in [9.17, 15) is 18.4 Å². The molecule has 1 aliphatic heterocycles. The number of pyridine rings is 2. The summed E-state index contributed by atoms with van der Waals surface area (Å²) in [7, 11) is 2.90. The number of rotatable bonds is 8. The molecule has 0 saturated carbocycles. The summed E-state index contributed by atoms with van der Waals surface area (Å²) >= 11 is 1.14. The van der Waals surface area contributed by atoms with Crippen LogP contribution in [-0.2, 0) is 21.6 Å². The first kappa shape index (κ1) is 26.2. The van der Waals surface area contributed by atoms with Crippen LogP contribution in [0.4, 0.5) is 13.9 Å². The Morgan fingerprint density at radius 3 is 2.76 bits per heavy atom. The van der Waals surface area contributed by atoms with Crippen LogP contribution in [-0.4, -0.2) is 46.1 Å². The monoisotopic (exact) mass is 530 g/mol. The molecular formula is C24H24F2N6O4S. The van der Waals surface area contributed by atoms with Crippen LogP contribution in [0.3, 0.4) is 0 Å². The molecule has 0 aliphatic carbocycles. The summed E-state index contributed by atoms with van der Waals surface area (Å²) in [4.78, 5) is 34.3. The highest BCUT2D eigenvalue weighted by Gasteiger charge is 2.43. The molecule has 0 aromatic carbocycles. The molecule has 4 rings (SSSR count). The maximum absolute atomic E-state index is 13.6. The molecule has 0 bridgehead atoms. The van der Waals surface area contributed by atoms with Gasteiger partial charge >= 0.3 is 0 Å². The number of hydrogen-bond acceptors (Lipinski definition) is 9. The van der Waals surface area contributed by atoms with E-state index >= 15 is 0 Å². The molecule has 194 valence electrons. The second-order valence-electron chi connectivity index (χ2n) is 8.49. The summed E-state index contributed by atoms with van der Waals surface area (Å²) in [5.74, 6) is -1.07. The summed E-state index contributed by atoms with van der Waals surface area (Å²) in [6.07, 6.45) is 2.89. The molecule has 1 N–H and O–H groups in total. The molecule has 0 spiro atoms. The molecule has 3 aromatic rings. The Kier molecular flexibility index (Phi) is 7.55. The number of hydrogen-bond donors (Lipinski definition) is 1.